The standard InChI is InChI=1S/C17H15NOS/c1-2-12-8-10-20-17(12)16(19)11-13-7-9-18-15-6-4-3-5-14(13)15/h3-10H,2,11H2,1H3. The molecule has 3 heteroatoms. The van der Waals surface area contributed by atoms with Crippen molar-refractivity contribution >= 4 is 28.0 Å². The number of fused-ring (bicyclic) bond motifs is 1. The number of aromatic nitrogens is 1. The molecule has 0 fully saturated rings. The molecule has 20 heavy (non-hydrogen) atoms. The van der Waals surface area contributed by atoms with Crippen molar-refractivity contribution in [3.63, 3.8) is 0 Å². The Morgan fingerprint density at radius 1 is 1.15 bits per heavy atom. The summed E-state index contributed by atoms with van der Waals surface area (Å²) in [6.45, 7) is 2.08. The molecule has 0 aliphatic carbocycles. The summed E-state index contributed by atoms with van der Waals surface area (Å²) in [7, 11) is 0. The molecular weight excluding hydrogens is 266 g/mol. The number of carbonyl (C=O) groups excluding carboxylic acids is 1. The van der Waals surface area contributed by atoms with Crippen LogP contribution in [-0.2, 0) is 12.8 Å². The minimum absolute atomic E-state index is 0.202. The number of aryl methyl sites for hydroxylation is 1. The first-order valence-corrected chi connectivity index (χ1v) is 7.59. The zero-order valence-corrected chi connectivity index (χ0v) is 12.1. The van der Waals surface area contributed by atoms with Gasteiger partial charge in [0.1, 0.15) is 0 Å². The second-order valence-corrected chi connectivity index (χ2v) is 5.63. The molecule has 3 aromatic rings. The van der Waals surface area contributed by atoms with Crippen molar-refractivity contribution in [2.45, 2.75) is 19.8 Å². The van der Waals surface area contributed by atoms with Crippen LogP contribution in [0, 0.1) is 0 Å². The first kappa shape index (κ1) is 13.0. The Labute approximate surface area is 122 Å². The van der Waals surface area contributed by atoms with Crippen molar-refractivity contribution in [3.8, 4) is 0 Å². The summed E-state index contributed by atoms with van der Waals surface area (Å²) in [5.41, 5.74) is 3.15. The summed E-state index contributed by atoms with van der Waals surface area (Å²) in [5.74, 6) is 0.202. The van der Waals surface area contributed by atoms with Crippen molar-refractivity contribution in [2.24, 2.45) is 0 Å². The van der Waals surface area contributed by atoms with Crippen LogP contribution in [0.2, 0.25) is 0 Å². The lowest BCUT2D eigenvalue weighted by Gasteiger charge is -2.05. The summed E-state index contributed by atoms with van der Waals surface area (Å²) in [6.07, 6.45) is 3.12. The van der Waals surface area contributed by atoms with Gasteiger partial charge >= 0.3 is 0 Å². The van der Waals surface area contributed by atoms with Gasteiger partial charge < -0.3 is 0 Å². The van der Waals surface area contributed by atoms with Crippen LogP contribution in [0.25, 0.3) is 10.9 Å². The van der Waals surface area contributed by atoms with E-state index in [0.29, 0.717) is 6.42 Å². The van der Waals surface area contributed by atoms with Crippen molar-refractivity contribution in [1.29, 1.82) is 0 Å². The maximum absolute atomic E-state index is 12.5. The number of rotatable bonds is 4. The van der Waals surface area contributed by atoms with Gasteiger partial charge in [-0.2, -0.15) is 0 Å². The number of ketones is 1. The molecule has 2 nitrogen and oxygen atoms in total. The van der Waals surface area contributed by atoms with E-state index in [1.807, 2.05) is 41.8 Å². The third-order valence-electron chi connectivity index (χ3n) is 3.47. The van der Waals surface area contributed by atoms with Gasteiger partial charge in [-0.25, -0.2) is 0 Å². The van der Waals surface area contributed by atoms with Crippen LogP contribution in [0.4, 0.5) is 0 Å². The van der Waals surface area contributed by atoms with Gasteiger partial charge in [0, 0.05) is 18.0 Å². The minimum atomic E-state index is 0.202. The highest BCUT2D eigenvalue weighted by molar-refractivity contribution is 7.12. The van der Waals surface area contributed by atoms with Crippen LogP contribution >= 0.6 is 11.3 Å². The summed E-state index contributed by atoms with van der Waals surface area (Å²) >= 11 is 1.54. The molecule has 0 aliphatic heterocycles. The van der Waals surface area contributed by atoms with Gasteiger partial charge in [0.25, 0.3) is 0 Å². The molecule has 0 bridgehead atoms. The van der Waals surface area contributed by atoms with E-state index >= 15 is 0 Å². The van der Waals surface area contributed by atoms with Crippen molar-refractivity contribution in [2.75, 3.05) is 0 Å². The monoisotopic (exact) mass is 281 g/mol. The van der Waals surface area contributed by atoms with Gasteiger partial charge in [-0.05, 0) is 41.1 Å². The van der Waals surface area contributed by atoms with E-state index in [2.05, 4.69) is 11.9 Å². The second kappa shape index (κ2) is 5.55. The fraction of sp³-hybridized carbons (Fsp3) is 0.176. The number of hydrogen-bond donors (Lipinski definition) is 0. The summed E-state index contributed by atoms with van der Waals surface area (Å²) < 4.78 is 0. The second-order valence-electron chi connectivity index (χ2n) is 4.72. The number of nitrogens with zero attached hydrogens (tertiary/aromatic N) is 1. The molecule has 0 saturated carbocycles. The van der Waals surface area contributed by atoms with E-state index in [1.54, 1.807) is 17.5 Å². The first-order chi connectivity index (χ1) is 9.79. The van der Waals surface area contributed by atoms with E-state index in [-0.39, 0.29) is 5.78 Å². The van der Waals surface area contributed by atoms with E-state index in [0.717, 1.165) is 33.3 Å². The van der Waals surface area contributed by atoms with Crippen molar-refractivity contribution in [3.05, 3.63) is 64.0 Å². The lowest BCUT2D eigenvalue weighted by molar-refractivity contribution is 0.0996. The summed E-state index contributed by atoms with van der Waals surface area (Å²) in [5, 5.41) is 3.06. The smallest absolute Gasteiger partial charge is 0.177 e. The Hall–Kier alpha value is -2.00. The average molecular weight is 281 g/mol. The molecular formula is C17H15NOS. The maximum Gasteiger partial charge on any atom is 0.177 e. The topological polar surface area (TPSA) is 30.0 Å². The quantitative estimate of drug-likeness (QED) is 0.668. The third kappa shape index (κ3) is 2.37. The van der Waals surface area contributed by atoms with Gasteiger partial charge in [0.2, 0.25) is 0 Å². The molecule has 0 radical (unpaired) electrons. The number of benzene rings is 1. The van der Waals surface area contributed by atoms with E-state index in [1.165, 1.54) is 0 Å². The SMILES string of the molecule is CCc1ccsc1C(=O)Cc1ccnc2ccccc12. The molecule has 2 aromatic heterocycles. The predicted octanol–water partition coefficient (Wildman–Crippen LogP) is 4.28. The minimum Gasteiger partial charge on any atom is -0.293 e. The maximum atomic E-state index is 12.5. The number of carbonyl (C=O) groups is 1. The van der Waals surface area contributed by atoms with E-state index in [9.17, 15) is 4.79 Å². The summed E-state index contributed by atoms with van der Waals surface area (Å²) in [6, 6.07) is 11.9. The highest BCUT2D eigenvalue weighted by atomic mass is 32.1. The molecule has 0 saturated heterocycles. The predicted molar refractivity (Wildman–Crippen MR) is 83.5 cm³/mol. The van der Waals surface area contributed by atoms with Crippen LogP contribution in [-0.4, -0.2) is 10.8 Å². The Morgan fingerprint density at radius 3 is 2.85 bits per heavy atom. The lowest BCUT2D eigenvalue weighted by atomic mass is 10.0. The number of Topliss-reactive ketones (excluding diaryl/α,β-unsaturated/α-hetero) is 1. The zero-order valence-electron chi connectivity index (χ0n) is 11.3. The normalized spacial score (nSPS) is 10.8. The first-order valence-electron chi connectivity index (χ1n) is 6.71. The molecule has 0 unspecified atom stereocenters. The molecule has 0 N–H and O–H groups in total. The Kier molecular flexibility index (Phi) is 3.61. The fourth-order valence-electron chi connectivity index (χ4n) is 2.42. The highest BCUT2D eigenvalue weighted by Gasteiger charge is 2.14. The molecule has 100 valence electrons. The average Bonchev–Trinajstić information content (AvgIpc) is 2.96. The van der Waals surface area contributed by atoms with Crippen LogP contribution in [0.15, 0.2) is 48.0 Å². The number of para-hydroxylation sites is 1. The van der Waals surface area contributed by atoms with Gasteiger partial charge in [0.15, 0.2) is 5.78 Å². The Bertz CT molecular complexity index is 755. The number of thiophene rings is 1. The van der Waals surface area contributed by atoms with Gasteiger partial charge in [-0.15, -0.1) is 11.3 Å². The van der Waals surface area contributed by atoms with Crippen LogP contribution < -0.4 is 0 Å². The number of hydrogen-bond acceptors (Lipinski definition) is 3. The molecule has 0 spiro atoms. The number of pyridine rings is 1. The molecule has 1 aromatic carbocycles. The molecule has 3 rings (SSSR count). The van der Waals surface area contributed by atoms with Crippen molar-refractivity contribution < 1.29 is 4.79 Å². The van der Waals surface area contributed by atoms with Crippen LogP contribution in [0.5, 0.6) is 0 Å². The fourth-order valence-corrected chi connectivity index (χ4v) is 3.36. The van der Waals surface area contributed by atoms with E-state index < -0.39 is 0 Å². The Balaban J connectivity index is 1.96. The van der Waals surface area contributed by atoms with Gasteiger partial charge in [-0.3, -0.25) is 9.78 Å². The van der Waals surface area contributed by atoms with Crippen molar-refractivity contribution in [1.82, 2.24) is 4.98 Å². The molecule has 0 aliphatic rings. The molecule has 0 amide bonds. The van der Waals surface area contributed by atoms with Gasteiger partial charge in [-0.1, -0.05) is 25.1 Å². The van der Waals surface area contributed by atoms with Gasteiger partial charge in [0.05, 0.1) is 10.4 Å². The van der Waals surface area contributed by atoms with Crippen LogP contribution in [0.3, 0.4) is 0 Å². The third-order valence-corrected chi connectivity index (χ3v) is 4.47. The summed E-state index contributed by atoms with van der Waals surface area (Å²) in [4.78, 5) is 17.7. The van der Waals surface area contributed by atoms with E-state index in [4.69, 9.17) is 0 Å². The zero-order chi connectivity index (χ0) is 13.9. The Morgan fingerprint density at radius 2 is 2.00 bits per heavy atom. The largest absolute Gasteiger partial charge is 0.293 e. The highest BCUT2D eigenvalue weighted by Crippen LogP contribution is 2.22. The lowest BCUT2D eigenvalue weighted by Crippen LogP contribution is -2.04. The molecule has 2 heterocycles. The van der Waals surface area contributed by atoms with Crippen LogP contribution in [0.1, 0.15) is 27.7 Å². The molecule has 0 atom stereocenters.